The summed E-state index contributed by atoms with van der Waals surface area (Å²) in [5.74, 6) is -0.201. The predicted octanol–water partition coefficient (Wildman–Crippen LogP) is 3.62. The lowest BCUT2D eigenvalue weighted by molar-refractivity contribution is 0.261. The van der Waals surface area contributed by atoms with Crippen molar-refractivity contribution in [1.29, 1.82) is 0 Å². The van der Waals surface area contributed by atoms with Gasteiger partial charge in [-0.3, -0.25) is 9.11 Å². The minimum Gasteiger partial charge on any atom is -0.286 e. The van der Waals surface area contributed by atoms with E-state index in [1.807, 2.05) is 0 Å². The minimum atomic E-state index is -4.23. The van der Waals surface area contributed by atoms with Crippen molar-refractivity contribution in [2.24, 2.45) is 0 Å². The highest BCUT2D eigenvalue weighted by Gasteiger charge is 2.02. The molecule has 2 N–H and O–H groups in total. The molecule has 0 heterocycles. The molecule has 0 atom stereocenters. The summed E-state index contributed by atoms with van der Waals surface area (Å²) in [7, 11) is -7.90. The zero-order valence-corrected chi connectivity index (χ0v) is 15.9. The molecular formula is C14H32O7S2. The molecule has 0 fully saturated rings. The highest BCUT2D eigenvalue weighted by Crippen LogP contribution is 2.10. The van der Waals surface area contributed by atoms with E-state index in [1.165, 1.54) is 51.9 Å². The van der Waals surface area contributed by atoms with Crippen molar-refractivity contribution in [2.45, 2.75) is 78.1 Å². The summed E-state index contributed by atoms with van der Waals surface area (Å²) in [5.41, 5.74) is 0. The van der Waals surface area contributed by atoms with Gasteiger partial charge >= 0.3 is 10.4 Å². The third-order valence-electron chi connectivity index (χ3n) is 3.09. The maximum atomic E-state index is 10.2. The van der Waals surface area contributed by atoms with Crippen molar-refractivity contribution in [3.63, 3.8) is 0 Å². The number of rotatable bonds is 13. The molecule has 0 unspecified atom stereocenters. The normalized spacial score (nSPS) is 11.8. The van der Waals surface area contributed by atoms with E-state index in [2.05, 4.69) is 11.1 Å². The summed E-state index contributed by atoms with van der Waals surface area (Å²) >= 11 is 0. The van der Waals surface area contributed by atoms with Crippen molar-refractivity contribution in [3.8, 4) is 0 Å². The molecule has 0 bridgehead atoms. The SMILES string of the molecule is CCCCCCCCCCCCOS(=O)(=O)O.CCS(=O)(=O)O. The molecule has 0 aliphatic heterocycles. The van der Waals surface area contributed by atoms with Gasteiger partial charge in [-0.2, -0.15) is 16.8 Å². The molecule has 0 saturated carbocycles. The van der Waals surface area contributed by atoms with Gasteiger partial charge in [0.05, 0.1) is 12.4 Å². The van der Waals surface area contributed by atoms with Crippen LogP contribution in [0.2, 0.25) is 0 Å². The van der Waals surface area contributed by atoms with Crippen LogP contribution in [0.3, 0.4) is 0 Å². The van der Waals surface area contributed by atoms with Crippen LogP contribution in [-0.2, 0) is 24.7 Å². The second-order valence-electron chi connectivity index (χ2n) is 5.30. The van der Waals surface area contributed by atoms with Crippen LogP contribution in [0.1, 0.15) is 78.1 Å². The molecule has 23 heavy (non-hydrogen) atoms. The number of unbranched alkanes of at least 4 members (excludes halogenated alkanes) is 9. The van der Waals surface area contributed by atoms with Gasteiger partial charge in [0, 0.05) is 0 Å². The maximum absolute atomic E-state index is 10.2. The predicted molar refractivity (Wildman–Crippen MR) is 91.4 cm³/mol. The summed E-state index contributed by atoms with van der Waals surface area (Å²) in [5, 5.41) is 0. The molecule has 7 nitrogen and oxygen atoms in total. The summed E-state index contributed by atoms with van der Waals surface area (Å²) in [4.78, 5) is 0. The monoisotopic (exact) mass is 376 g/mol. The summed E-state index contributed by atoms with van der Waals surface area (Å²) in [6.45, 7) is 3.68. The number of hydrogen-bond donors (Lipinski definition) is 2. The van der Waals surface area contributed by atoms with Crippen LogP contribution in [0, 0.1) is 0 Å². The smallest absolute Gasteiger partial charge is 0.286 e. The van der Waals surface area contributed by atoms with E-state index < -0.39 is 20.5 Å². The van der Waals surface area contributed by atoms with Crippen LogP contribution in [0.15, 0.2) is 0 Å². The Labute approximate surface area is 141 Å². The van der Waals surface area contributed by atoms with E-state index in [4.69, 9.17) is 9.11 Å². The molecule has 0 spiro atoms. The quantitative estimate of drug-likeness (QED) is 0.372. The summed E-state index contributed by atoms with van der Waals surface area (Å²) in [6.07, 6.45) is 11.9. The highest BCUT2D eigenvalue weighted by molar-refractivity contribution is 7.85. The molecule has 0 amide bonds. The molecular weight excluding hydrogens is 344 g/mol. The third kappa shape index (κ3) is 30.3. The van der Waals surface area contributed by atoms with Crippen LogP contribution in [0.25, 0.3) is 0 Å². The van der Waals surface area contributed by atoms with Gasteiger partial charge < -0.3 is 0 Å². The first-order valence-corrected chi connectivity index (χ1v) is 11.2. The Kier molecular flexibility index (Phi) is 16.7. The van der Waals surface area contributed by atoms with Crippen molar-refractivity contribution in [3.05, 3.63) is 0 Å². The first kappa shape index (κ1) is 25.0. The Morgan fingerprint density at radius 3 is 1.35 bits per heavy atom. The van der Waals surface area contributed by atoms with Gasteiger partial charge in [0.25, 0.3) is 10.1 Å². The fourth-order valence-electron chi connectivity index (χ4n) is 1.75. The van der Waals surface area contributed by atoms with Crippen molar-refractivity contribution >= 4 is 20.5 Å². The lowest BCUT2D eigenvalue weighted by Crippen LogP contribution is -2.04. The van der Waals surface area contributed by atoms with Gasteiger partial charge in [0.1, 0.15) is 0 Å². The standard InChI is InChI=1S/C12H26O4S.C2H6O3S/c1-2-3-4-5-6-7-8-9-10-11-12-16-17(13,14)15;1-2-6(3,4)5/h2-12H2,1H3,(H,13,14,15);2H2,1H3,(H,3,4,5). The zero-order chi connectivity index (χ0) is 18.2. The van der Waals surface area contributed by atoms with Crippen LogP contribution < -0.4 is 0 Å². The van der Waals surface area contributed by atoms with Crippen molar-refractivity contribution in [2.75, 3.05) is 12.4 Å². The Hall–Kier alpha value is -0.220. The fraction of sp³-hybridized carbons (Fsp3) is 1.00. The third-order valence-corrected chi connectivity index (χ3v) is 4.29. The fourth-order valence-corrected chi connectivity index (χ4v) is 2.08. The highest BCUT2D eigenvalue weighted by atomic mass is 32.3. The molecule has 142 valence electrons. The zero-order valence-electron chi connectivity index (χ0n) is 14.2. The largest absolute Gasteiger partial charge is 0.397 e. The van der Waals surface area contributed by atoms with E-state index >= 15 is 0 Å². The van der Waals surface area contributed by atoms with Gasteiger partial charge in [-0.15, -0.1) is 0 Å². The van der Waals surface area contributed by atoms with Gasteiger partial charge in [0.2, 0.25) is 0 Å². The maximum Gasteiger partial charge on any atom is 0.397 e. The van der Waals surface area contributed by atoms with Crippen molar-refractivity contribution < 1.29 is 30.1 Å². The van der Waals surface area contributed by atoms with E-state index in [-0.39, 0.29) is 12.4 Å². The van der Waals surface area contributed by atoms with Gasteiger partial charge in [0.15, 0.2) is 0 Å². The molecule has 0 saturated heterocycles. The van der Waals surface area contributed by atoms with E-state index in [9.17, 15) is 16.8 Å². The molecule has 0 aromatic heterocycles. The Morgan fingerprint density at radius 1 is 0.696 bits per heavy atom. The van der Waals surface area contributed by atoms with Crippen LogP contribution in [0.4, 0.5) is 0 Å². The lowest BCUT2D eigenvalue weighted by Gasteiger charge is -2.02. The Morgan fingerprint density at radius 2 is 1.04 bits per heavy atom. The number of hydrogen-bond acceptors (Lipinski definition) is 5. The lowest BCUT2D eigenvalue weighted by atomic mass is 10.1. The van der Waals surface area contributed by atoms with E-state index in [0.29, 0.717) is 6.42 Å². The summed E-state index contributed by atoms with van der Waals surface area (Å²) < 4.78 is 59.9. The van der Waals surface area contributed by atoms with Crippen molar-refractivity contribution in [1.82, 2.24) is 0 Å². The Balaban J connectivity index is 0. The molecule has 0 aliphatic rings. The van der Waals surface area contributed by atoms with Crippen LogP contribution >= 0.6 is 0 Å². The van der Waals surface area contributed by atoms with Gasteiger partial charge in [-0.1, -0.05) is 64.7 Å². The first-order valence-electron chi connectivity index (χ1n) is 8.19. The average Bonchev–Trinajstić information content (AvgIpc) is 2.43. The van der Waals surface area contributed by atoms with Crippen LogP contribution in [0.5, 0.6) is 0 Å². The Bertz CT molecular complexity index is 444. The molecule has 9 heteroatoms. The van der Waals surface area contributed by atoms with E-state index in [0.717, 1.165) is 12.8 Å². The van der Waals surface area contributed by atoms with E-state index in [1.54, 1.807) is 0 Å². The molecule has 0 aliphatic carbocycles. The molecule has 0 radical (unpaired) electrons. The van der Waals surface area contributed by atoms with Crippen LogP contribution in [-0.4, -0.2) is 38.3 Å². The molecule has 0 aromatic rings. The average molecular weight is 377 g/mol. The second-order valence-corrected chi connectivity index (χ2v) is 8.13. The minimum absolute atomic E-state index is 0.0926. The molecule has 0 rings (SSSR count). The van der Waals surface area contributed by atoms with Gasteiger partial charge in [-0.05, 0) is 13.3 Å². The molecule has 0 aromatic carbocycles. The first-order chi connectivity index (χ1) is 10.6. The topological polar surface area (TPSA) is 118 Å². The summed E-state index contributed by atoms with van der Waals surface area (Å²) in [6, 6.07) is 0. The van der Waals surface area contributed by atoms with Gasteiger partial charge in [-0.25, -0.2) is 4.18 Å². The second kappa shape index (κ2) is 15.3.